The Hall–Kier alpha value is -0.0800. The number of ether oxygens (including phenoxy) is 1. The first-order valence-corrected chi connectivity index (χ1v) is 4.85. The summed E-state index contributed by atoms with van der Waals surface area (Å²) in [6.45, 7) is 6.77. The van der Waals surface area contributed by atoms with Gasteiger partial charge in [0.2, 0.25) is 0 Å². The maximum absolute atomic E-state index is 8.69. The van der Waals surface area contributed by atoms with E-state index >= 15 is 0 Å². The summed E-state index contributed by atoms with van der Waals surface area (Å²) in [5, 5.41) is 8.69. The minimum absolute atomic E-state index is 0.138. The first-order valence-electron chi connectivity index (χ1n) is 4.85. The molecule has 0 aromatic carbocycles. The van der Waals surface area contributed by atoms with Gasteiger partial charge in [-0.2, -0.15) is 0 Å². The highest BCUT2D eigenvalue weighted by Gasteiger charge is 2.46. The zero-order valence-electron chi connectivity index (χ0n) is 8.34. The molecule has 2 nitrogen and oxygen atoms in total. The van der Waals surface area contributed by atoms with E-state index in [0.29, 0.717) is 18.6 Å². The van der Waals surface area contributed by atoms with Crippen LogP contribution in [0, 0.1) is 5.92 Å². The Balaban J connectivity index is 2.03. The third-order valence-electron chi connectivity index (χ3n) is 2.71. The van der Waals surface area contributed by atoms with Crippen LogP contribution in [0.25, 0.3) is 0 Å². The number of aliphatic hydroxyl groups is 1. The molecule has 1 rings (SSSR count). The third kappa shape index (κ3) is 2.76. The summed E-state index contributed by atoms with van der Waals surface area (Å²) in [5.41, 5.74) is 0.138. The van der Waals surface area contributed by atoms with Crippen LogP contribution in [0.5, 0.6) is 0 Å². The van der Waals surface area contributed by atoms with Gasteiger partial charge in [0.15, 0.2) is 0 Å². The Bertz CT molecular complexity index is 143. The second-order valence-electron chi connectivity index (χ2n) is 4.40. The summed E-state index contributed by atoms with van der Waals surface area (Å²) in [4.78, 5) is 0. The second kappa shape index (κ2) is 3.75. The van der Waals surface area contributed by atoms with Crippen LogP contribution in [0.4, 0.5) is 0 Å². The molecule has 1 N–H and O–H groups in total. The molecule has 0 amide bonds. The number of rotatable bonds is 5. The van der Waals surface area contributed by atoms with Crippen LogP contribution in [0.15, 0.2) is 0 Å². The van der Waals surface area contributed by atoms with Gasteiger partial charge in [-0.05, 0) is 39.0 Å². The van der Waals surface area contributed by atoms with E-state index in [0.717, 1.165) is 12.8 Å². The summed E-state index contributed by atoms with van der Waals surface area (Å²) in [6.07, 6.45) is 3.72. The topological polar surface area (TPSA) is 32.8 Å². The van der Waals surface area contributed by atoms with Crippen molar-refractivity contribution in [2.75, 3.05) is 6.61 Å². The summed E-state index contributed by atoms with van der Waals surface area (Å²) < 4.78 is 5.47. The van der Waals surface area contributed by atoms with Gasteiger partial charge in [-0.25, -0.2) is 0 Å². The molecule has 1 heterocycles. The van der Waals surface area contributed by atoms with Gasteiger partial charge in [-0.1, -0.05) is 6.92 Å². The van der Waals surface area contributed by atoms with Gasteiger partial charge >= 0.3 is 0 Å². The first-order chi connectivity index (χ1) is 5.56. The second-order valence-corrected chi connectivity index (χ2v) is 4.40. The quantitative estimate of drug-likeness (QED) is 0.643. The third-order valence-corrected chi connectivity index (χ3v) is 2.71. The summed E-state index contributed by atoms with van der Waals surface area (Å²) >= 11 is 0. The van der Waals surface area contributed by atoms with Crippen LogP contribution in [-0.2, 0) is 4.74 Å². The molecule has 1 aliphatic heterocycles. The van der Waals surface area contributed by atoms with E-state index in [1.54, 1.807) is 0 Å². The lowest BCUT2D eigenvalue weighted by atomic mass is 9.98. The van der Waals surface area contributed by atoms with Gasteiger partial charge in [0.25, 0.3) is 0 Å². The van der Waals surface area contributed by atoms with Crippen molar-refractivity contribution in [1.82, 2.24) is 0 Å². The fourth-order valence-electron chi connectivity index (χ4n) is 1.54. The molecule has 0 aromatic heterocycles. The van der Waals surface area contributed by atoms with E-state index in [1.165, 1.54) is 6.42 Å². The van der Waals surface area contributed by atoms with Crippen LogP contribution in [0.1, 0.15) is 40.0 Å². The Morgan fingerprint density at radius 2 is 2.00 bits per heavy atom. The predicted molar refractivity (Wildman–Crippen MR) is 49.1 cm³/mol. The Labute approximate surface area is 74.9 Å². The van der Waals surface area contributed by atoms with Gasteiger partial charge in [-0.15, -0.1) is 0 Å². The number of aliphatic hydroxyl groups excluding tert-OH is 1. The molecule has 0 spiro atoms. The van der Waals surface area contributed by atoms with E-state index in [2.05, 4.69) is 20.8 Å². The summed E-state index contributed by atoms with van der Waals surface area (Å²) in [5.74, 6) is 0.634. The molecule has 1 saturated heterocycles. The molecule has 2 heteroatoms. The van der Waals surface area contributed by atoms with E-state index < -0.39 is 0 Å². The maximum atomic E-state index is 8.69. The largest absolute Gasteiger partial charge is 0.396 e. The zero-order chi connectivity index (χ0) is 9.19. The van der Waals surface area contributed by atoms with Crippen LogP contribution >= 0.6 is 0 Å². The summed E-state index contributed by atoms with van der Waals surface area (Å²) in [6, 6.07) is 0. The van der Waals surface area contributed by atoms with Gasteiger partial charge in [-0.3, -0.25) is 0 Å². The van der Waals surface area contributed by atoms with E-state index in [1.807, 2.05) is 0 Å². The molecule has 0 unspecified atom stereocenters. The van der Waals surface area contributed by atoms with Crippen molar-refractivity contribution in [2.45, 2.75) is 51.7 Å². The molecule has 0 aromatic rings. The lowest BCUT2D eigenvalue weighted by molar-refractivity contribution is 0.253. The van der Waals surface area contributed by atoms with Crippen molar-refractivity contribution < 1.29 is 9.84 Å². The highest BCUT2D eigenvalue weighted by Crippen LogP contribution is 2.39. The highest BCUT2D eigenvalue weighted by molar-refractivity contribution is 4.94. The maximum Gasteiger partial charge on any atom is 0.0892 e. The molecular formula is C10H20O2. The molecule has 1 fully saturated rings. The lowest BCUT2D eigenvalue weighted by Crippen LogP contribution is -2.05. The molecule has 0 radical (unpaired) electrons. The minimum Gasteiger partial charge on any atom is -0.396 e. The Kier molecular flexibility index (Phi) is 3.13. The summed E-state index contributed by atoms with van der Waals surface area (Å²) in [7, 11) is 0. The molecule has 0 saturated carbocycles. The normalized spacial score (nSPS) is 28.5. The van der Waals surface area contributed by atoms with Crippen molar-refractivity contribution >= 4 is 0 Å². The lowest BCUT2D eigenvalue weighted by Gasteiger charge is -2.07. The standard InChI is InChI=1S/C10H20O2/c1-8(6-7-11)4-5-9-10(2,3)12-9/h8-9,11H,4-7H2,1-3H3/t8-,9-/m0/s1. The van der Waals surface area contributed by atoms with E-state index in [9.17, 15) is 0 Å². The Morgan fingerprint density at radius 3 is 2.42 bits per heavy atom. The fraction of sp³-hybridized carbons (Fsp3) is 1.00. The monoisotopic (exact) mass is 172 g/mol. The SMILES string of the molecule is C[C@H](CCO)CC[C@@H]1OC1(C)C. The number of epoxide rings is 1. The van der Waals surface area contributed by atoms with Crippen LogP contribution in [0.2, 0.25) is 0 Å². The molecule has 2 atom stereocenters. The highest BCUT2D eigenvalue weighted by atomic mass is 16.6. The molecule has 12 heavy (non-hydrogen) atoms. The van der Waals surface area contributed by atoms with Crippen molar-refractivity contribution in [3.05, 3.63) is 0 Å². The number of hydrogen-bond acceptors (Lipinski definition) is 2. The van der Waals surface area contributed by atoms with Crippen molar-refractivity contribution in [3.63, 3.8) is 0 Å². The van der Waals surface area contributed by atoms with Gasteiger partial charge in [0, 0.05) is 6.61 Å². The smallest absolute Gasteiger partial charge is 0.0892 e. The predicted octanol–water partition coefficient (Wildman–Crippen LogP) is 1.96. The zero-order valence-corrected chi connectivity index (χ0v) is 8.34. The van der Waals surface area contributed by atoms with Gasteiger partial charge in [0.05, 0.1) is 11.7 Å². The van der Waals surface area contributed by atoms with E-state index in [-0.39, 0.29) is 5.60 Å². The first kappa shape index (κ1) is 10.0. The fourth-order valence-corrected chi connectivity index (χ4v) is 1.54. The van der Waals surface area contributed by atoms with Crippen LogP contribution in [-0.4, -0.2) is 23.4 Å². The minimum atomic E-state index is 0.138. The molecular weight excluding hydrogens is 152 g/mol. The number of hydrogen-bond donors (Lipinski definition) is 1. The Morgan fingerprint density at radius 1 is 1.42 bits per heavy atom. The van der Waals surface area contributed by atoms with Crippen LogP contribution in [0.3, 0.4) is 0 Å². The van der Waals surface area contributed by atoms with Crippen molar-refractivity contribution in [3.8, 4) is 0 Å². The molecule has 72 valence electrons. The molecule has 0 aliphatic carbocycles. The van der Waals surface area contributed by atoms with Crippen molar-refractivity contribution in [1.29, 1.82) is 0 Å². The van der Waals surface area contributed by atoms with E-state index in [4.69, 9.17) is 9.84 Å². The van der Waals surface area contributed by atoms with Gasteiger partial charge < -0.3 is 9.84 Å². The van der Waals surface area contributed by atoms with Gasteiger partial charge in [0.1, 0.15) is 0 Å². The molecule has 1 aliphatic rings. The average molecular weight is 172 g/mol. The van der Waals surface area contributed by atoms with Crippen molar-refractivity contribution in [2.24, 2.45) is 5.92 Å². The van der Waals surface area contributed by atoms with Crippen LogP contribution < -0.4 is 0 Å². The molecule has 0 bridgehead atoms. The average Bonchev–Trinajstić information content (AvgIpc) is 2.56.